The quantitative estimate of drug-likeness (QED) is 0.904. The molecule has 1 N–H and O–H groups in total. The molecule has 2 rings (SSSR count). The highest BCUT2D eigenvalue weighted by Crippen LogP contribution is 2.34. The van der Waals surface area contributed by atoms with Crippen LogP contribution >= 0.6 is 22.9 Å². The fourth-order valence-electron chi connectivity index (χ4n) is 1.51. The van der Waals surface area contributed by atoms with Gasteiger partial charge in [0.1, 0.15) is 5.69 Å². The molecule has 0 spiro atoms. The van der Waals surface area contributed by atoms with E-state index in [2.05, 4.69) is 4.98 Å². The Kier molecular flexibility index (Phi) is 3.21. The van der Waals surface area contributed by atoms with E-state index in [4.69, 9.17) is 21.1 Å². The minimum Gasteiger partial charge on any atom is -0.475 e. The molecule has 2 heterocycles. The lowest BCUT2D eigenvalue weighted by Gasteiger charge is -2.14. The fraction of sp³-hybridized carbons (Fsp3) is 0.333. The van der Waals surface area contributed by atoms with Crippen molar-refractivity contribution < 1.29 is 14.3 Å². The summed E-state index contributed by atoms with van der Waals surface area (Å²) in [5, 5.41) is 9.14. The highest BCUT2D eigenvalue weighted by atomic mass is 35.5. The van der Waals surface area contributed by atoms with Gasteiger partial charge in [-0.15, -0.1) is 11.3 Å². The molecule has 96 valence electrons. The van der Waals surface area contributed by atoms with E-state index >= 15 is 0 Å². The van der Waals surface area contributed by atoms with Crippen LogP contribution in [0.5, 0.6) is 0 Å². The van der Waals surface area contributed by atoms with Crippen LogP contribution in [0.3, 0.4) is 0 Å². The van der Waals surface area contributed by atoms with Gasteiger partial charge in [-0.05, 0) is 12.1 Å². The summed E-state index contributed by atoms with van der Waals surface area (Å²) >= 11 is 7.14. The topological polar surface area (TPSA) is 63.3 Å². The Balaban J connectivity index is 2.56. The normalized spacial score (nSPS) is 11.8. The molecule has 0 aromatic carbocycles. The zero-order chi connectivity index (χ0) is 13.5. The Bertz CT molecular complexity index is 595. The number of carboxylic acids is 1. The van der Waals surface area contributed by atoms with Gasteiger partial charge >= 0.3 is 5.97 Å². The third-order valence-electron chi connectivity index (χ3n) is 2.32. The molecule has 0 saturated heterocycles. The lowest BCUT2D eigenvalue weighted by atomic mass is 9.91. The summed E-state index contributed by atoms with van der Waals surface area (Å²) in [6.45, 7) is 5.67. The Morgan fingerprint density at radius 1 is 1.44 bits per heavy atom. The van der Waals surface area contributed by atoms with Crippen LogP contribution in [0.1, 0.15) is 37.0 Å². The molecule has 18 heavy (non-hydrogen) atoms. The van der Waals surface area contributed by atoms with Crippen LogP contribution in [-0.2, 0) is 5.41 Å². The summed E-state index contributed by atoms with van der Waals surface area (Å²) in [7, 11) is 0. The first-order chi connectivity index (χ1) is 8.29. The lowest BCUT2D eigenvalue weighted by Crippen LogP contribution is -2.16. The Hall–Kier alpha value is -1.33. The van der Waals surface area contributed by atoms with E-state index in [0.717, 1.165) is 4.88 Å². The zero-order valence-electron chi connectivity index (χ0n) is 10.2. The van der Waals surface area contributed by atoms with E-state index < -0.39 is 11.4 Å². The summed E-state index contributed by atoms with van der Waals surface area (Å²) in [4.78, 5) is 16.2. The molecule has 2 aromatic rings. The molecule has 0 amide bonds. The summed E-state index contributed by atoms with van der Waals surface area (Å²) in [5.74, 6) is -0.919. The number of nitrogens with zero attached hydrogens (tertiary/aromatic N) is 1. The number of oxazole rings is 1. The number of aromatic carboxylic acids is 1. The maximum absolute atomic E-state index is 11.2. The summed E-state index contributed by atoms with van der Waals surface area (Å²) < 4.78 is 5.95. The second-order valence-corrected chi connectivity index (χ2v) is 6.57. The van der Waals surface area contributed by atoms with E-state index in [1.54, 1.807) is 12.1 Å². The third-order valence-corrected chi connectivity index (χ3v) is 3.53. The maximum atomic E-state index is 11.2. The van der Waals surface area contributed by atoms with Crippen LogP contribution in [0.4, 0.5) is 0 Å². The number of thiophene rings is 1. The van der Waals surface area contributed by atoms with Gasteiger partial charge in [-0.1, -0.05) is 32.4 Å². The molecule has 6 heteroatoms. The first-order valence-corrected chi connectivity index (χ1v) is 6.49. The fourth-order valence-corrected chi connectivity index (χ4v) is 2.48. The van der Waals surface area contributed by atoms with Gasteiger partial charge in [0, 0.05) is 5.41 Å². The van der Waals surface area contributed by atoms with Crippen LogP contribution in [0, 0.1) is 0 Å². The Morgan fingerprint density at radius 3 is 2.50 bits per heavy atom. The van der Waals surface area contributed by atoms with Crippen molar-refractivity contribution >= 4 is 28.9 Å². The van der Waals surface area contributed by atoms with Gasteiger partial charge in [0.15, 0.2) is 0 Å². The molecule has 0 aliphatic rings. The van der Waals surface area contributed by atoms with Gasteiger partial charge in [0.25, 0.3) is 0 Å². The number of carboxylic acid groups (broad SMARTS) is 1. The molecule has 0 radical (unpaired) electrons. The summed E-state index contributed by atoms with van der Waals surface area (Å²) in [6.07, 6.45) is 0. The van der Waals surface area contributed by atoms with Crippen LogP contribution < -0.4 is 0 Å². The van der Waals surface area contributed by atoms with Crippen molar-refractivity contribution in [2.45, 2.75) is 26.2 Å². The first-order valence-electron chi connectivity index (χ1n) is 5.29. The predicted octanol–water partition coefficient (Wildman–Crippen LogP) is 4.05. The number of hydrogen-bond acceptors (Lipinski definition) is 4. The smallest absolute Gasteiger partial charge is 0.373 e. The molecule has 0 atom stereocenters. The average molecular weight is 286 g/mol. The average Bonchev–Trinajstić information content (AvgIpc) is 2.81. The zero-order valence-corrected chi connectivity index (χ0v) is 11.7. The molecular weight excluding hydrogens is 274 g/mol. The predicted molar refractivity (Wildman–Crippen MR) is 70.5 cm³/mol. The molecule has 0 aliphatic heterocycles. The SMILES string of the molecule is CC(C)(C)c1nc(-c2ccc(Cl)s2)oc1C(=O)O. The van der Waals surface area contributed by atoms with Crippen LogP contribution in [0.15, 0.2) is 16.5 Å². The van der Waals surface area contributed by atoms with Crippen molar-refractivity contribution in [1.29, 1.82) is 0 Å². The Labute approximate surface area is 113 Å². The van der Waals surface area contributed by atoms with E-state index in [9.17, 15) is 4.79 Å². The van der Waals surface area contributed by atoms with Crippen LogP contribution in [0.25, 0.3) is 10.8 Å². The maximum Gasteiger partial charge on any atom is 0.373 e. The molecule has 0 saturated carbocycles. The highest BCUT2D eigenvalue weighted by molar-refractivity contribution is 7.19. The van der Waals surface area contributed by atoms with E-state index in [-0.39, 0.29) is 5.76 Å². The molecular formula is C12H12ClNO3S. The highest BCUT2D eigenvalue weighted by Gasteiger charge is 2.29. The number of halogens is 1. The summed E-state index contributed by atoms with van der Waals surface area (Å²) in [5.41, 5.74) is 0.0470. The van der Waals surface area contributed by atoms with Gasteiger partial charge in [-0.2, -0.15) is 0 Å². The second-order valence-electron chi connectivity index (χ2n) is 4.86. The van der Waals surface area contributed by atoms with Crippen molar-refractivity contribution in [3.63, 3.8) is 0 Å². The first kappa shape index (κ1) is 13.1. The van der Waals surface area contributed by atoms with Crippen molar-refractivity contribution in [2.75, 3.05) is 0 Å². The number of aromatic nitrogens is 1. The largest absolute Gasteiger partial charge is 0.475 e. The standard InChI is InChI=1S/C12H12ClNO3S/c1-12(2,3)9-8(11(15)16)17-10(14-9)6-4-5-7(13)18-6/h4-5H,1-3H3,(H,15,16). The van der Waals surface area contributed by atoms with E-state index in [1.807, 2.05) is 20.8 Å². The van der Waals surface area contributed by atoms with Gasteiger partial charge in [0.2, 0.25) is 11.7 Å². The van der Waals surface area contributed by atoms with E-state index in [1.165, 1.54) is 11.3 Å². The molecule has 2 aromatic heterocycles. The van der Waals surface area contributed by atoms with Gasteiger partial charge in [-0.25, -0.2) is 9.78 Å². The molecule has 4 nitrogen and oxygen atoms in total. The van der Waals surface area contributed by atoms with Gasteiger partial charge < -0.3 is 9.52 Å². The van der Waals surface area contributed by atoms with Gasteiger partial charge in [-0.3, -0.25) is 0 Å². The number of hydrogen-bond donors (Lipinski definition) is 1. The van der Waals surface area contributed by atoms with Crippen molar-refractivity contribution in [3.05, 3.63) is 27.9 Å². The number of rotatable bonds is 2. The molecule has 0 bridgehead atoms. The third kappa shape index (κ3) is 2.42. The molecule has 0 fully saturated rings. The van der Waals surface area contributed by atoms with Gasteiger partial charge in [0.05, 0.1) is 9.21 Å². The lowest BCUT2D eigenvalue weighted by molar-refractivity contribution is 0.0659. The van der Waals surface area contributed by atoms with Crippen molar-refractivity contribution in [3.8, 4) is 10.8 Å². The number of carbonyl (C=O) groups is 1. The monoisotopic (exact) mass is 285 g/mol. The molecule has 0 aliphatic carbocycles. The van der Waals surface area contributed by atoms with Crippen LogP contribution in [0.2, 0.25) is 4.34 Å². The van der Waals surface area contributed by atoms with E-state index in [0.29, 0.717) is 15.9 Å². The van der Waals surface area contributed by atoms with Crippen LogP contribution in [-0.4, -0.2) is 16.1 Å². The molecule has 0 unspecified atom stereocenters. The minimum atomic E-state index is -1.11. The Morgan fingerprint density at radius 2 is 2.11 bits per heavy atom. The second kappa shape index (κ2) is 4.40. The minimum absolute atomic E-state index is 0.109. The van der Waals surface area contributed by atoms with Crippen molar-refractivity contribution in [1.82, 2.24) is 4.98 Å². The summed E-state index contributed by atoms with van der Waals surface area (Å²) in [6, 6.07) is 3.49. The van der Waals surface area contributed by atoms with Crippen molar-refractivity contribution in [2.24, 2.45) is 0 Å².